The fraction of sp³-hybridized carbons (Fsp3) is 0.346. The topological polar surface area (TPSA) is 106 Å². The summed E-state index contributed by atoms with van der Waals surface area (Å²) in [6.45, 7) is 6.54. The number of pyridine rings is 1. The van der Waals surface area contributed by atoms with Crippen molar-refractivity contribution in [2.75, 3.05) is 11.4 Å². The highest BCUT2D eigenvalue weighted by Crippen LogP contribution is 2.38. The van der Waals surface area contributed by atoms with Crippen LogP contribution < -0.4 is 14.4 Å². The summed E-state index contributed by atoms with van der Waals surface area (Å²) in [7, 11) is -4.43. The molecule has 202 valence electrons. The van der Waals surface area contributed by atoms with Crippen LogP contribution >= 0.6 is 0 Å². The summed E-state index contributed by atoms with van der Waals surface area (Å²) >= 11 is 0. The highest BCUT2D eigenvalue weighted by Gasteiger charge is 2.39. The summed E-state index contributed by atoms with van der Waals surface area (Å²) in [5, 5.41) is 0. The Bertz CT molecular complexity index is 1430. The maximum Gasteiger partial charge on any atom is 0.573 e. The molecule has 1 atom stereocenters. The minimum atomic E-state index is -4.82. The van der Waals surface area contributed by atoms with Crippen molar-refractivity contribution < 1.29 is 35.9 Å². The first-order valence-electron chi connectivity index (χ1n) is 11.8. The number of ether oxygens (including phenoxy) is 1. The van der Waals surface area contributed by atoms with Crippen LogP contribution in [0.25, 0.3) is 11.3 Å². The molecule has 38 heavy (non-hydrogen) atoms. The van der Waals surface area contributed by atoms with Crippen molar-refractivity contribution in [1.29, 1.82) is 0 Å². The first-order chi connectivity index (χ1) is 17.7. The second kappa shape index (κ2) is 9.90. The van der Waals surface area contributed by atoms with E-state index in [0.717, 1.165) is 24.6 Å². The second-order valence-corrected chi connectivity index (χ2v) is 11.5. The zero-order valence-electron chi connectivity index (χ0n) is 20.9. The standard InChI is InChI=1S/C26H26F3N3O5S/c1-16-14-25(2,3)32(15-16)23-19(24(34)31-38(35,36)22-7-5-4-6-21(22)33)12-13-20(30-23)17-8-10-18(11-9-17)37-26(27,28)29/h4-5,7-13,16H,6,14-15H2,1-3H3,(H,31,34)/t16-/m0/s1. The quantitative estimate of drug-likeness (QED) is 0.555. The lowest BCUT2D eigenvalue weighted by Crippen LogP contribution is -2.41. The predicted molar refractivity (Wildman–Crippen MR) is 135 cm³/mol. The normalized spacial score (nSPS) is 19.3. The van der Waals surface area contributed by atoms with Gasteiger partial charge in [-0.25, -0.2) is 18.1 Å². The van der Waals surface area contributed by atoms with E-state index in [1.807, 2.05) is 30.4 Å². The number of nitrogens with zero attached hydrogens (tertiary/aromatic N) is 2. The number of nitrogens with one attached hydrogen (secondary N) is 1. The van der Waals surface area contributed by atoms with Crippen molar-refractivity contribution in [3.63, 3.8) is 0 Å². The van der Waals surface area contributed by atoms with Gasteiger partial charge in [-0.05, 0) is 68.7 Å². The van der Waals surface area contributed by atoms with E-state index in [2.05, 4.69) is 9.72 Å². The lowest BCUT2D eigenvalue weighted by Gasteiger charge is -2.34. The second-order valence-electron chi connectivity index (χ2n) is 9.89. The number of benzene rings is 1. The predicted octanol–water partition coefficient (Wildman–Crippen LogP) is 4.74. The highest BCUT2D eigenvalue weighted by atomic mass is 32.2. The van der Waals surface area contributed by atoms with Gasteiger partial charge in [0, 0.05) is 24.1 Å². The lowest BCUT2D eigenvalue weighted by atomic mass is 9.97. The van der Waals surface area contributed by atoms with Crippen LogP contribution in [0, 0.1) is 5.92 Å². The molecule has 1 aliphatic heterocycles. The first-order valence-corrected chi connectivity index (χ1v) is 13.3. The Labute approximate surface area is 218 Å². The van der Waals surface area contributed by atoms with Gasteiger partial charge in [0.05, 0.1) is 11.3 Å². The minimum Gasteiger partial charge on any atom is -0.406 e. The van der Waals surface area contributed by atoms with Gasteiger partial charge in [0.25, 0.3) is 15.9 Å². The van der Waals surface area contributed by atoms with E-state index in [-0.39, 0.29) is 23.7 Å². The number of allylic oxidation sites excluding steroid dienone is 4. The summed E-state index contributed by atoms with van der Waals surface area (Å²) in [5.41, 5.74) is 0.394. The van der Waals surface area contributed by atoms with Gasteiger partial charge in [-0.3, -0.25) is 9.59 Å². The van der Waals surface area contributed by atoms with E-state index in [0.29, 0.717) is 17.8 Å². The Hall–Kier alpha value is -3.67. The summed E-state index contributed by atoms with van der Waals surface area (Å²) < 4.78 is 69.1. The molecule has 1 amide bonds. The number of anilines is 1. The van der Waals surface area contributed by atoms with Crippen molar-refractivity contribution in [3.8, 4) is 17.0 Å². The van der Waals surface area contributed by atoms with Crippen LogP contribution in [0.3, 0.4) is 0 Å². The van der Waals surface area contributed by atoms with Gasteiger partial charge in [-0.2, -0.15) is 0 Å². The van der Waals surface area contributed by atoms with Crippen molar-refractivity contribution >= 4 is 27.5 Å². The molecule has 1 saturated heterocycles. The number of carbonyl (C=O) groups excluding carboxylic acids is 2. The number of halogens is 3. The molecule has 1 N–H and O–H groups in total. The molecular weight excluding hydrogens is 523 g/mol. The molecule has 0 bridgehead atoms. The number of hydrogen-bond donors (Lipinski definition) is 1. The summed E-state index contributed by atoms with van der Waals surface area (Å²) in [4.78, 5) is 31.4. The van der Waals surface area contributed by atoms with Gasteiger partial charge in [0.2, 0.25) is 0 Å². The van der Waals surface area contributed by atoms with E-state index in [9.17, 15) is 31.2 Å². The van der Waals surface area contributed by atoms with E-state index in [4.69, 9.17) is 0 Å². The smallest absolute Gasteiger partial charge is 0.406 e. The van der Waals surface area contributed by atoms with Crippen LogP contribution in [-0.2, 0) is 14.8 Å². The van der Waals surface area contributed by atoms with E-state index < -0.39 is 44.3 Å². The summed E-state index contributed by atoms with van der Waals surface area (Å²) in [6, 6.07) is 8.02. The van der Waals surface area contributed by atoms with Crippen molar-refractivity contribution in [2.45, 2.75) is 45.5 Å². The number of sulfonamides is 1. The zero-order valence-corrected chi connectivity index (χ0v) is 21.7. The lowest BCUT2D eigenvalue weighted by molar-refractivity contribution is -0.274. The third-order valence-electron chi connectivity index (χ3n) is 6.31. The number of Topliss-reactive ketones (excluding diaryl/α,β-unsaturated/α-hetero) is 1. The molecule has 2 heterocycles. The van der Waals surface area contributed by atoms with Crippen LogP contribution in [-0.4, -0.2) is 43.5 Å². The summed E-state index contributed by atoms with van der Waals surface area (Å²) in [5.74, 6) is -1.49. The van der Waals surface area contributed by atoms with Gasteiger partial charge in [-0.1, -0.05) is 19.1 Å². The number of amides is 1. The molecule has 4 rings (SSSR count). The molecule has 1 aliphatic carbocycles. The molecule has 1 aromatic heterocycles. The maximum absolute atomic E-state index is 13.3. The van der Waals surface area contributed by atoms with Crippen LogP contribution in [0.15, 0.2) is 59.5 Å². The number of alkyl halides is 3. The zero-order chi connectivity index (χ0) is 27.9. The van der Waals surface area contributed by atoms with Gasteiger partial charge in [-0.15, -0.1) is 13.2 Å². The number of aromatic nitrogens is 1. The highest BCUT2D eigenvalue weighted by molar-refractivity contribution is 7.95. The van der Waals surface area contributed by atoms with E-state index in [1.165, 1.54) is 36.4 Å². The van der Waals surface area contributed by atoms with Gasteiger partial charge < -0.3 is 9.64 Å². The SMILES string of the molecule is C[C@@H]1CN(c2nc(-c3ccc(OC(F)(F)F)cc3)ccc2C(=O)NS(=O)(=O)C2=CC=CCC2=O)C(C)(C)C1. The molecular formula is C26H26F3N3O5S. The number of rotatable bonds is 6. The Morgan fingerprint density at radius 2 is 1.84 bits per heavy atom. The Balaban J connectivity index is 1.72. The van der Waals surface area contributed by atoms with Crippen molar-refractivity contribution in [2.24, 2.45) is 5.92 Å². The molecule has 2 aromatic rings. The molecule has 12 heteroatoms. The Kier molecular flexibility index (Phi) is 7.13. The van der Waals surface area contributed by atoms with Crippen LogP contribution in [0.4, 0.5) is 19.0 Å². The molecule has 0 saturated carbocycles. The number of hydrogen-bond acceptors (Lipinski definition) is 7. The maximum atomic E-state index is 13.3. The molecule has 1 fully saturated rings. The van der Waals surface area contributed by atoms with Crippen LogP contribution in [0.5, 0.6) is 5.75 Å². The molecule has 0 unspecified atom stereocenters. The average Bonchev–Trinajstić information content (AvgIpc) is 3.09. The molecule has 0 radical (unpaired) electrons. The molecule has 0 spiro atoms. The van der Waals surface area contributed by atoms with Crippen molar-refractivity contribution in [1.82, 2.24) is 9.71 Å². The van der Waals surface area contributed by atoms with E-state index in [1.54, 1.807) is 0 Å². The molecule has 8 nitrogen and oxygen atoms in total. The number of carbonyl (C=O) groups is 2. The minimum absolute atomic E-state index is 0.0177. The monoisotopic (exact) mass is 549 g/mol. The fourth-order valence-electron chi connectivity index (χ4n) is 4.77. The van der Waals surface area contributed by atoms with Crippen LogP contribution in [0.2, 0.25) is 0 Å². The third kappa shape index (κ3) is 5.90. The largest absolute Gasteiger partial charge is 0.573 e. The van der Waals surface area contributed by atoms with Gasteiger partial charge >= 0.3 is 6.36 Å². The fourth-order valence-corrected chi connectivity index (χ4v) is 5.88. The Morgan fingerprint density at radius 1 is 1.16 bits per heavy atom. The van der Waals surface area contributed by atoms with Crippen LogP contribution in [0.1, 0.15) is 44.0 Å². The number of ketones is 1. The summed E-state index contributed by atoms with van der Waals surface area (Å²) in [6.07, 6.45) is -0.0374. The molecule has 1 aromatic carbocycles. The van der Waals surface area contributed by atoms with E-state index >= 15 is 0 Å². The molecule has 2 aliphatic rings. The first kappa shape index (κ1) is 27.4. The Morgan fingerprint density at radius 3 is 2.42 bits per heavy atom. The third-order valence-corrected chi connectivity index (χ3v) is 7.71. The van der Waals surface area contributed by atoms with Gasteiger partial charge in [0.1, 0.15) is 16.5 Å². The van der Waals surface area contributed by atoms with Crippen molar-refractivity contribution in [3.05, 3.63) is 65.1 Å². The van der Waals surface area contributed by atoms with Gasteiger partial charge in [0.15, 0.2) is 5.78 Å². The average molecular weight is 550 g/mol.